The van der Waals surface area contributed by atoms with Gasteiger partial charge in [0.15, 0.2) is 5.96 Å². The number of benzene rings is 2. The van der Waals surface area contributed by atoms with Gasteiger partial charge in [-0.05, 0) is 56.2 Å². The molecule has 0 aromatic heterocycles. The normalized spacial score (nSPS) is 11.1. The number of hydrogen-bond donors (Lipinski definition) is 5. The van der Waals surface area contributed by atoms with E-state index in [1.807, 2.05) is 6.92 Å². The summed E-state index contributed by atoms with van der Waals surface area (Å²) in [6, 6.07) is 11.6. The predicted octanol–water partition coefficient (Wildman–Crippen LogP) is 0.958. The van der Waals surface area contributed by atoms with Gasteiger partial charge in [-0.2, -0.15) is 8.42 Å². The third kappa shape index (κ3) is 10.9. The highest BCUT2D eigenvalue weighted by Gasteiger charge is 2.08. The third-order valence-electron chi connectivity index (χ3n) is 3.89. The molecule has 0 aliphatic rings. The van der Waals surface area contributed by atoms with Crippen LogP contribution >= 0.6 is 0 Å². The van der Waals surface area contributed by atoms with E-state index >= 15 is 0 Å². The number of unbranched alkanes of at least 4 members (excludes halogenated alkanes) is 1. The van der Waals surface area contributed by atoms with Crippen molar-refractivity contribution in [2.24, 2.45) is 21.6 Å². The highest BCUT2D eigenvalue weighted by Crippen LogP contribution is 2.13. The molecule has 13 heteroatoms. The predicted molar refractivity (Wildman–Crippen MR) is 122 cm³/mol. The summed E-state index contributed by atoms with van der Waals surface area (Å²) in [5.74, 6) is -0.127. The van der Waals surface area contributed by atoms with E-state index in [0.29, 0.717) is 31.5 Å². The van der Waals surface area contributed by atoms with E-state index in [1.54, 1.807) is 12.1 Å². The van der Waals surface area contributed by atoms with E-state index < -0.39 is 20.1 Å². The maximum atomic E-state index is 11.7. The molecule has 0 spiro atoms. The average Bonchev–Trinajstić information content (AvgIpc) is 2.67. The van der Waals surface area contributed by atoms with Crippen LogP contribution in [0, 0.1) is 6.92 Å². The molecule has 2 aromatic rings. The van der Waals surface area contributed by atoms with Crippen molar-refractivity contribution in [3.63, 3.8) is 0 Å². The summed E-state index contributed by atoms with van der Waals surface area (Å²) in [5.41, 5.74) is 11.8. The second-order valence-electron chi connectivity index (χ2n) is 6.67. The molecule has 0 aliphatic heterocycles. The van der Waals surface area contributed by atoms with Crippen molar-refractivity contribution in [2.75, 3.05) is 11.9 Å². The van der Waals surface area contributed by atoms with Crippen LogP contribution in [-0.2, 0) is 24.9 Å². The van der Waals surface area contributed by atoms with Crippen LogP contribution in [0.2, 0.25) is 0 Å². The molecule has 0 saturated carbocycles. The van der Waals surface area contributed by atoms with E-state index in [-0.39, 0.29) is 21.7 Å². The van der Waals surface area contributed by atoms with Gasteiger partial charge in [-0.3, -0.25) is 14.3 Å². The number of nitrogens with one attached hydrogen (secondary N) is 1. The SMILES string of the molecule is Cc1ccc(S(=O)(=O)O)cc1.NC(N)=NCCCCC(=O)Nc1ccc(S(N)(=O)=O)cc1. The molecule has 1 amide bonds. The molecule has 2 rings (SSSR count). The first kappa shape index (κ1) is 27.0. The molecule has 0 atom stereocenters. The molecule has 0 radical (unpaired) electrons. The molecule has 8 N–H and O–H groups in total. The number of carbonyl (C=O) groups excluding carboxylic acids is 1. The van der Waals surface area contributed by atoms with E-state index in [2.05, 4.69) is 10.3 Å². The zero-order chi connectivity index (χ0) is 24.4. The monoisotopic (exact) mass is 485 g/mol. The summed E-state index contributed by atoms with van der Waals surface area (Å²) in [7, 11) is -7.74. The van der Waals surface area contributed by atoms with Gasteiger partial charge in [0, 0.05) is 18.7 Å². The molecule has 0 bridgehead atoms. The van der Waals surface area contributed by atoms with E-state index in [4.69, 9.17) is 21.2 Å². The number of aryl methyl sites for hydroxylation is 1. The summed E-state index contributed by atoms with van der Waals surface area (Å²) in [6.45, 7) is 2.33. The maximum absolute atomic E-state index is 11.7. The van der Waals surface area contributed by atoms with Crippen molar-refractivity contribution in [1.82, 2.24) is 0 Å². The maximum Gasteiger partial charge on any atom is 0.294 e. The van der Waals surface area contributed by atoms with Gasteiger partial charge in [-0.25, -0.2) is 13.6 Å². The van der Waals surface area contributed by atoms with Crippen LogP contribution in [0.25, 0.3) is 0 Å². The van der Waals surface area contributed by atoms with Crippen LogP contribution in [0.5, 0.6) is 0 Å². The number of aliphatic imine (C=N–C) groups is 1. The molecule has 0 unspecified atom stereocenters. The van der Waals surface area contributed by atoms with Crippen molar-refractivity contribution >= 4 is 37.7 Å². The molecule has 2 aromatic carbocycles. The summed E-state index contributed by atoms with van der Waals surface area (Å²) in [6.07, 6.45) is 1.69. The number of primary sulfonamides is 1. The van der Waals surface area contributed by atoms with Crippen LogP contribution in [0.3, 0.4) is 0 Å². The van der Waals surface area contributed by atoms with Crippen molar-refractivity contribution in [3.05, 3.63) is 54.1 Å². The standard InChI is InChI=1S/C12H19N5O3S.C7H8O3S/c13-12(14)16-8-2-1-3-11(18)17-9-4-6-10(7-5-9)21(15,19)20;1-6-2-4-7(5-3-6)11(8,9)10/h4-7H,1-3,8H2,(H,17,18)(H4,13,14,16)(H2,15,19,20);2-5H,1H3,(H,8,9,10). The number of carbonyl (C=O) groups is 1. The van der Waals surface area contributed by atoms with Gasteiger partial charge < -0.3 is 16.8 Å². The zero-order valence-electron chi connectivity index (χ0n) is 17.4. The molecule has 11 nitrogen and oxygen atoms in total. The van der Waals surface area contributed by atoms with E-state index in [1.165, 1.54) is 36.4 Å². The van der Waals surface area contributed by atoms with Crippen LogP contribution in [0.4, 0.5) is 5.69 Å². The molecule has 0 heterocycles. The molecule has 0 aliphatic carbocycles. The number of nitrogens with two attached hydrogens (primary N) is 3. The van der Waals surface area contributed by atoms with Gasteiger partial charge in [-0.15, -0.1) is 0 Å². The lowest BCUT2D eigenvalue weighted by atomic mass is 10.2. The average molecular weight is 486 g/mol. The van der Waals surface area contributed by atoms with Crippen molar-refractivity contribution < 1.29 is 26.2 Å². The summed E-state index contributed by atoms with van der Waals surface area (Å²) in [5, 5.41) is 7.64. The lowest BCUT2D eigenvalue weighted by molar-refractivity contribution is -0.116. The Balaban J connectivity index is 0.000000389. The lowest BCUT2D eigenvalue weighted by Gasteiger charge is -2.05. The molecular weight excluding hydrogens is 458 g/mol. The Hall–Kier alpha value is -3.00. The molecule has 0 saturated heterocycles. The molecule has 176 valence electrons. The number of sulfonamides is 1. The first-order valence-electron chi connectivity index (χ1n) is 9.31. The van der Waals surface area contributed by atoms with Crippen molar-refractivity contribution in [1.29, 1.82) is 0 Å². The van der Waals surface area contributed by atoms with Crippen LogP contribution in [0.15, 0.2) is 63.3 Å². The summed E-state index contributed by atoms with van der Waals surface area (Å²) < 4.78 is 51.7. The second-order valence-corrected chi connectivity index (χ2v) is 9.65. The molecular formula is C19H27N5O6S2. The Labute approximate surface area is 187 Å². The quantitative estimate of drug-likeness (QED) is 0.157. The summed E-state index contributed by atoms with van der Waals surface area (Å²) >= 11 is 0. The highest BCUT2D eigenvalue weighted by molar-refractivity contribution is 7.89. The van der Waals surface area contributed by atoms with E-state index in [0.717, 1.165) is 5.56 Å². The molecule has 32 heavy (non-hydrogen) atoms. The minimum atomic E-state index is -4.02. The Morgan fingerprint density at radius 3 is 1.94 bits per heavy atom. The number of guanidine groups is 1. The Morgan fingerprint density at radius 2 is 1.47 bits per heavy atom. The Morgan fingerprint density at radius 1 is 0.938 bits per heavy atom. The Kier molecular flexibility index (Phi) is 10.3. The second kappa shape index (κ2) is 12.1. The number of hydrogen-bond acceptors (Lipinski definition) is 6. The van der Waals surface area contributed by atoms with Gasteiger partial charge in [0.05, 0.1) is 9.79 Å². The van der Waals surface area contributed by atoms with Gasteiger partial charge in [0.1, 0.15) is 0 Å². The third-order valence-corrected chi connectivity index (χ3v) is 5.69. The number of anilines is 1. The molecule has 0 fully saturated rings. The minimum absolute atomic E-state index is 0.00210. The van der Waals surface area contributed by atoms with Crippen LogP contribution in [0.1, 0.15) is 24.8 Å². The topological polar surface area (TPSA) is 208 Å². The fourth-order valence-electron chi connectivity index (χ4n) is 2.27. The van der Waals surface area contributed by atoms with Gasteiger partial charge in [0.25, 0.3) is 10.1 Å². The highest BCUT2D eigenvalue weighted by atomic mass is 32.2. The number of nitrogens with zero attached hydrogens (tertiary/aromatic N) is 1. The van der Waals surface area contributed by atoms with Gasteiger partial charge in [-0.1, -0.05) is 17.7 Å². The Bertz CT molecular complexity index is 1130. The van der Waals surface area contributed by atoms with Gasteiger partial charge >= 0.3 is 0 Å². The smallest absolute Gasteiger partial charge is 0.294 e. The first-order chi connectivity index (χ1) is 14.8. The lowest BCUT2D eigenvalue weighted by Crippen LogP contribution is -2.23. The number of rotatable bonds is 8. The fourth-order valence-corrected chi connectivity index (χ4v) is 3.26. The summed E-state index contributed by atoms with van der Waals surface area (Å²) in [4.78, 5) is 15.4. The van der Waals surface area contributed by atoms with Gasteiger partial charge in [0.2, 0.25) is 15.9 Å². The van der Waals surface area contributed by atoms with Crippen molar-refractivity contribution in [3.8, 4) is 0 Å². The fraction of sp³-hybridized carbons (Fsp3) is 0.263. The van der Waals surface area contributed by atoms with E-state index in [9.17, 15) is 21.6 Å². The first-order valence-corrected chi connectivity index (χ1v) is 12.3. The van der Waals surface area contributed by atoms with Crippen LogP contribution < -0.4 is 21.9 Å². The minimum Gasteiger partial charge on any atom is -0.370 e. The zero-order valence-corrected chi connectivity index (χ0v) is 19.1. The largest absolute Gasteiger partial charge is 0.370 e. The number of amides is 1. The van der Waals surface area contributed by atoms with Crippen LogP contribution in [-0.4, -0.2) is 39.8 Å². The van der Waals surface area contributed by atoms with Crippen molar-refractivity contribution in [2.45, 2.75) is 36.0 Å².